The molecule has 0 aliphatic rings. The summed E-state index contributed by atoms with van der Waals surface area (Å²) < 4.78 is 6.65. The van der Waals surface area contributed by atoms with Crippen molar-refractivity contribution in [3.8, 4) is 0 Å². The number of rotatable bonds is 4. The molecule has 0 amide bonds. The summed E-state index contributed by atoms with van der Waals surface area (Å²) in [5.74, 6) is -0.389. The molecule has 0 N–H and O–H groups in total. The lowest BCUT2D eigenvalue weighted by Crippen LogP contribution is -2.22. The molecule has 2 rings (SSSR count). The Kier molecular flexibility index (Phi) is 3.86. The van der Waals surface area contributed by atoms with E-state index in [-0.39, 0.29) is 17.1 Å². The van der Waals surface area contributed by atoms with Gasteiger partial charge < -0.3 is 4.74 Å². The van der Waals surface area contributed by atoms with Gasteiger partial charge in [0, 0.05) is 11.4 Å². The second-order valence-electron chi connectivity index (χ2n) is 4.05. The first kappa shape index (κ1) is 12.9. The van der Waals surface area contributed by atoms with Crippen molar-refractivity contribution in [2.24, 2.45) is 5.92 Å². The molecule has 96 valence electrons. The van der Waals surface area contributed by atoms with Gasteiger partial charge in [0.25, 0.3) is 0 Å². The number of aromatic nitrogens is 3. The number of fused-ring (bicyclic) bond motifs is 1. The fourth-order valence-corrected chi connectivity index (χ4v) is 2.55. The van der Waals surface area contributed by atoms with Crippen molar-refractivity contribution < 1.29 is 9.53 Å². The van der Waals surface area contributed by atoms with Gasteiger partial charge in [0.05, 0.1) is 13.0 Å². The second kappa shape index (κ2) is 5.39. The highest BCUT2D eigenvalue weighted by Gasteiger charge is 2.23. The number of carbonyl (C=O) groups is 1. The van der Waals surface area contributed by atoms with Crippen molar-refractivity contribution in [1.82, 2.24) is 14.6 Å². The van der Waals surface area contributed by atoms with Gasteiger partial charge in [-0.2, -0.15) is 0 Å². The Balaban J connectivity index is 2.16. The highest BCUT2D eigenvalue weighted by atomic mass is 32.2. The first-order valence-electron chi connectivity index (χ1n) is 5.67. The number of pyridine rings is 1. The highest BCUT2D eigenvalue weighted by molar-refractivity contribution is 7.99. The van der Waals surface area contributed by atoms with E-state index in [1.54, 1.807) is 0 Å². The minimum Gasteiger partial charge on any atom is -0.469 e. The van der Waals surface area contributed by atoms with Crippen molar-refractivity contribution >= 4 is 23.4 Å². The van der Waals surface area contributed by atoms with Gasteiger partial charge in [-0.15, -0.1) is 10.2 Å². The van der Waals surface area contributed by atoms with Crippen LogP contribution in [0.15, 0.2) is 29.6 Å². The number of carbonyl (C=O) groups excluding carboxylic acids is 1. The van der Waals surface area contributed by atoms with E-state index in [0.717, 1.165) is 10.8 Å². The molecule has 2 aromatic heterocycles. The molecule has 0 bridgehead atoms. The van der Waals surface area contributed by atoms with Gasteiger partial charge in [-0.05, 0) is 12.1 Å². The summed E-state index contributed by atoms with van der Waals surface area (Å²) in [6.45, 7) is 3.84. The van der Waals surface area contributed by atoms with Crippen molar-refractivity contribution in [2.45, 2.75) is 24.3 Å². The molecule has 0 spiro atoms. The minimum absolute atomic E-state index is 0.0741. The Labute approximate surface area is 110 Å². The molecule has 0 aromatic carbocycles. The van der Waals surface area contributed by atoms with Crippen LogP contribution in [0.4, 0.5) is 0 Å². The number of nitrogens with zero attached hydrogens (tertiary/aromatic N) is 3. The van der Waals surface area contributed by atoms with Crippen LogP contribution in [0.2, 0.25) is 0 Å². The average Bonchev–Trinajstić information content (AvgIpc) is 2.80. The summed E-state index contributed by atoms with van der Waals surface area (Å²) in [5, 5.41) is 9.06. The quantitative estimate of drug-likeness (QED) is 0.625. The van der Waals surface area contributed by atoms with Gasteiger partial charge in [-0.25, -0.2) is 0 Å². The van der Waals surface area contributed by atoms with Crippen molar-refractivity contribution in [3.05, 3.63) is 24.4 Å². The number of ether oxygens (including phenoxy) is 1. The lowest BCUT2D eigenvalue weighted by molar-refractivity contribution is -0.144. The van der Waals surface area contributed by atoms with Crippen LogP contribution >= 0.6 is 11.8 Å². The first-order chi connectivity index (χ1) is 8.63. The third kappa shape index (κ3) is 2.48. The van der Waals surface area contributed by atoms with Gasteiger partial charge in [0.15, 0.2) is 10.8 Å². The number of methoxy groups -OCH3 is 1. The Morgan fingerprint density at radius 1 is 1.39 bits per heavy atom. The lowest BCUT2D eigenvalue weighted by atomic mass is 10.1. The zero-order valence-corrected chi connectivity index (χ0v) is 11.3. The SMILES string of the molecule is COC(=O)C(C)C(C)Sc1nnc2ccccn12. The van der Waals surface area contributed by atoms with Crippen LogP contribution in [0.1, 0.15) is 13.8 Å². The Bertz CT molecular complexity index is 555. The first-order valence-corrected chi connectivity index (χ1v) is 6.55. The maximum Gasteiger partial charge on any atom is 0.309 e. The molecule has 2 heterocycles. The molecule has 2 unspecified atom stereocenters. The third-order valence-electron chi connectivity index (χ3n) is 2.85. The summed E-state index contributed by atoms with van der Waals surface area (Å²) in [6, 6.07) is 5.74. The summed E-state index contributed by atoms with van der Waals surface area (Å²) in [5.41, 5.74) is 0.804. The van der Waals surface area contributed by atoms with Crippen molar-refractivity contribution in [3.63, 3.8) is 0 Å². The highest BCUT2D eigenvalue weighted by Crippen LogP contribution is 2.27. The van der Waals surface area contributed by atoms with Gasteiger partial charge >= 0.3 is 5.97 Å². The summed E-state index contributed by atoms with van der Waals surface area (Å²) in [4.78, 5) is 11.5. The van der Waals surface area contributed by atoms with E-state index in [9.17, 15) is 4.79 Å². The Hall–Kier alpha value is -1.56. The number of hydrogen-bond acceptors (Lipinski definition) is 5. The van der Waals surface area contributed by atoms with Gasteiger partial charge in [-0.3, -0.25) is 9.20 Å². The second-order valence-corrected chi connectivity index (χ2v) is 5.39. The van der Waals surface area contributed by atoms with Crippen LogP contribution in [-0.4, -0.2) is 32.9 Å². The molecule has 0 fully saturated rings. The maximum absolute atomic E-state index is 11.5. The summed E-state index contributed by atoms with van der Waals surface area (Å²) in [7, 11) is 1.41. The predicted octanol–water partition coefficient (Wildman–Crippen LogP) is 2.02. The van der Waals surface area contributed by atoms with Crippen LogP contribution in [0, 0.1) is 5.92 Å². The van der Waals surface area contributed by atoms with E-state index in [1.165, 1.54) is 18.9 Å². The number of thioether (sulfide) groups is 1. The molecule has 0 aliphatic heterocycles. The zero-order chi connectivity index (χ0) is 13.1. The Morgan fingerprint density at radius 3 is 2.89 bits per heavy atom. The van der Waals surface area contributed by atoms with E-state index in [4.69, 9.17) is 4.74 Å². The molecule has 18 heavy (non-hydrogen) atoms. The van der Waals surface area contributed by atoms with Gasteiger partial charge in [0.1, 0.15) is 0 Å². The molecule has 0 saturated carbocycles. The van der Waals surface area contributed by atoms with E-state index < -0.39 is 0 Å². The van der Waals surface area contributed by atoms with Crippen LogP contribution in [0.25, 0.3) is 5.65 Å². The summed E-state index contributed by atoms with van der Waals surface area (Å²) >= 11 is 1.52. The van der Waals surface area contributed by atoms with E-state index in [2.05, 4.69) is 10.2 Å². The van der Waals surface area contributed by atoms with Crippen molar-refractivity contribution in [1.29, 1.82) is 0 Å². The molecular formula is C12H15N3O2S. The van der Waals surface area contributed by atoms with Crippen LogP contribution in [0.3, 0.4) is 0 Å². The van der Waals surface area contributed by atoms with Crippen molar-refractivity contribution in [2.75, 3.05) is 7.11 Å². The largest absolute Gasteiger partial charge is 0.469 e. The molecule has 0 aliphatic carbocycles. The standard InChI is InChI=1S/C12H15N3O2S/c1-8(11(16)17-3)9(2)18-12-14-13-10-6-4-5-7-15(10)12/h4-9H,1-3H3. The molecule has 2 atom stereocenters. The monoisotopic (exact) mass is 265 g/mol. The zero-order valence-electron chi connectivity index (χ0n) is 10.5. The molecule has 0 radical (unpaired) electrons. The molecule has 5 nitrogen and oxygen atoms in total. The average molecular weight is 265 g/mol. The normalized spacial score (nSPS) is 14.4. The molecule has 2 aromatic rings. The fraction of sp³-hybridized carbons (Fsp3) is 0.417. The molecule has 0 saturated heterocycles. The topological polar surface area (TPSA) is 56.5 Å². The summed E-state index contributed by atoms with van der Waals surface area (Å²) in [6.07, 6.45) is 1.91. The third-order valence-corrected chi connectivity index (χ3v) is 4.12. The molecule has 6 heteroatoms. The van der Waals surface area contributed by atoms with Gasteiger partial charge in [-0.1, -0.05) is 31.7 Å². The number of hydrogen-bond donors (Lipinski definition) is 0. The van der Waals surface area contributed by atoms with Gasteiger partial charge in [0.2, 0.25) is 0 Å². The molecular weight excluding hydrogens is 250 g/mol. The lowest BCUT2D eigenvalue weighted by Gasteiger charge is -2.15. The predicted molar refractivity (Wildman–Crippen MR) is 69.5 cm³/mol. The van der Waals surface area contributed by atoms with Crippen LogP contribution in [-0.2, 0) is 9.53 Å². The van der Waals surface area contributed by atoms with Crippen LogP contribution < -0.4 is 0 Å². The van der Waals surface area contributed by atoms with E-state index >= 15 is 0 Å². The van der Waals surface area contributed by atoms with E-state index in [1.807, 2.05) is 42.6 Å². The van der Waals surface area contributed by atoms with E-state index in [0.29, 0.717) is 0 Å². The maximum atomic E-state index is 11.5. The van der Waals surface area contributed by atoms with Crippen LogP contribution in [0.5, 0.6) is 0 Å². The smallest absolute Gasteiger partial charge is 0.309 e. The number of esters is 1. The Morgan fingerprint density at radius 2 is 2.17 bits per heavy atom. The minimum atomic E-state index is -0.205. The fourth-order valence-electron chi connectivity index (χ4n) is 1.55.